The molecular weight excluding hydrogens is 257 g/mol. The second-order valence-corrected chi connectivity index (χ2v) is 3.81. The van der Waals surface area contributed by atoms with Crippen molar-refractivity contribution in [2.24, 2.45) is 0 Å². The van der Waals surface area contributed by atoms with Crippen LogP contribution in [-0.4, -0.2) is 24.5 Å². The molecule has 0 aliphatic carbocycles. The molecule has 0 saturated carbocycles. The molecule has 0 aliphatic rings. The highest BCUT2D eigenvalue weighted by Crippen LogP contribution is 2.37. The molecule has 0 fully saturated rings. The number of halogens is 4. The molecule has 1 aromatic rings. The van der Waals surface area contributed by atoms with E-state index in [1.165, 1.54) is 18.2 Å². The summed E-state index contributed by atoms with van der Waals surface area (Å²) in [5, 5.41) is 8.89. The molecule has 0 bridgehead atoms. The second-order valence-electron chi connectivity index (χ2n) is 3.40. The summed E-state index contributed by atoms with van der Waals surface area (Å²) in [5.41, 5.74) is -0.0755. The Bertz CT molecular complexity index is 379. The predicted molar refractivity (Wildman–Crippen MR) is 58.5 cm³/mol. The summed E-state index contributed by atoms with van der Waals surface area (Å²) in [5.74, 6) is -1.59. The minimum Gasteiger partial charge on any atom is -0.492 e. The van der Waals surface area contributed by atoms with Crippen molar-refractivity contribution in [3.63, 3.8) is 0 Å². The van der Waals surface area contributed by atoms with Crippen LogP contribution in [-0.2, 0) is 0 Å². The topological polar surface area (TPSA) is 29.5 Å². The van der Waals surface area contributed by atoms with Crippen LogP contribution in [0.4, 0.5) is 13.2 Å². The Hall–Kier alpha value is -0.940. The monoisotopic (exact) mass is 268 g/mol. The average Bonchev–Trinajstić information content (AvgIpc) is 2.21. The normalized spacial score (nSPS) is 13.5. The molecule has 0 heterocycles. The molecule has 1 aromatic carbocycles. The van der Waals surface area contributed by atoms with Gasteiger partial charge in [-0.1, -0.05) is 17.7 Å². The molecule has 2 nitrogen and oxygen atoms in total. The van der Waals surface area contributed by atoms with Crippen LogP contribution in [0.1, 0.15) is 18.4 Å². The quantitative estimate of drug-likeness (QED) is 0.907. The number of rotatable bonds is 4. The van der Waals surface area contributed by atoms with Crippen molar-refractivity contribution in [3.8, 4) is 5.75 Å². The number of aliphatic hydroxyl groups is 1. The Morgan fingerprint density at radius 1 is 1.41 bits per heavy atom. The zero-order valence-electron chi connectivity index (χ0n) is 9.09. The Balaban J connectivity index is 3.03. The lowest BCUT2D eigenvalue weighted by atomic mass is 9.99. The van der Waals surface area contributed by atoms with Crippen LogP contribution in [0, 0.1) is 0 Å². The SMILES string of the molecule is CCOc1ccc(C(CO)C(F)(F)F)cc1Cl. The lowest BCUT2D eigenvalue weighted by Gasteiger charge is -2.19. The molecule has 1 atom stereocenters. The number of aliphatic hydroxyl groups excluding tert-OH is 1. The van der Waals surface area contributed by atoms with Gasteiger partial charge in [0.15, 0.2) is 0 Å². The third-order valence-corrected chi connectivity index (χ3v) is 2.53. The van der Waals surface area contributed by atoms with Crippen molar-refractivity contribution in [3.05, 3.63) is 28.8 Å². The highest BCUT2D eigenvalue weighted by Gasteiger charge is 2.40. The van der Waals surface area contributed by atoms with E-state index >= 15 is 0 Å². The summed E-state index contributed by atoms with van der Waals surface area (Å²) in [4.78, 5) is 0. The maximum Gasteiger partial charge on any atom is 0.397 e. The van der Waals surface area contributed by atoms with Crippen LogP contribution in [0.5, 0.6) is 5.75 Å². The van der Waals surface area contributed by atoms with E-state index in [1.807, 2.05) is 0 Å². The molecule has 0 aromatic heterocycles. The Morgan fingerprint density at radius 3 is 2.47 bits per heavy atom. The maximum atomic E-state index is 12.6. The lowest BCUT2D eigenvalue weighted by Crippen LogP contribution is -2.24. The van der Waals surface area contributed by atoms with Gasteiger partial charge in [-0.05, 0) is 24.6 Å². The fraction of sp³-hybridized carbons (Fsp3) is 0.455. The van der Waals surface area contributed by atoms with E-state index in [1.54, 1.807) is 6.92 Å². The number of hydrogen-bond donors (Lipinski definition) is 1. The van der Waals surface area contributed by atoms with E-state index in [0.717, 1.165) is 0 Å². The molecule has 1 N–H and O–H groups in total. The largest absolute Gasteiger partial charge is 0.492 e. The molecule has 0 amide bonds. The zero-order valence-corrected chi connectivity index (χ0v) is 9.85. The first-order chi connectivity index (χ1) is 7.90. The smallest absolute Gasteiger partial charge is 0.397 e. The third kappa shape index (κ3) is 3.51. The van der Waals surface area contributed by atoms with Crippen LogP contribution in [0.15, 0.2) is 18.2 Å². The van der Waals surface area contributed by atoms with E-state index < -0.39 is 18.7 Å². The van der Waals surface area contributed by atoms with Gasteiger partial charge in [-0.3, -0.25) is 0 Å². The van der Waals surface area contributed by atoms with Gasteiger partial charge in [-0.15, -0.1) is 0 Å². The molecule has 96 valence electrons. The molecule has 0 aliphatic heterocycles. The Labute approximate surface area is 102 Å². The van der Waals surface area contributed by atoms with Gasteiger partial charge in [-0.25, -0.2) is 0 Å². The molecule has 0 saturated heterocycles. The van der Waals surface area contributed by atoms with E-state index in [0.29, 0.717) is 12.4 Å². The van der Waals surface area contributed by atoms with E-state index in [9.17, 15) is 13.2 Å². The first kappa shape index (κ1) is 14.1. The highest BCUT2D eigenvalue weighted by atomic mass is 35.5. The zero-order chi connectivity index (χ0) is 13.1. The van der Waals surface area contributed by atoms with Crippen LogP contribution >= 0.6 is 11.6 Å². The van der Waals surface area contributed by atoms with Crippen molar-refractivity contribution in [1.82, 2.24) is 0 Å². The van der Waals surface area contributed by atoms with E-state index in [2.05, 4.69) is 0 Å². The van der Waals surface area contributed by atoms with Gasteiger partial charge in [0.1, 0.15) is 11.7 Å². The molecule has 6 heteroatoms. The Morgan fingerprint density at radius 2 is 2.06 bits per heavy atom. The van der Waals surface area contributed by atoms with Gasteiger partial charge in [0, 0.05) is 0 Å². The molecular formula is C11H12ClF3O2. The van der Waals surface area contributed by atoms with Crippen molar-refractivity contribution in [1.29, 1.82) is 0 Å². The first-order valence-electron chi connectivity index (χ1n) is 5.00. The maximum absolute atomic E-state index is 12.6. The standard InChI is InChI=1S/C11H12ClF3O2/c1-2-17-10-4-3-7(5-9(10)12)8(6-16)11(13,14)15/h3-5,8,16H,2,6H2,1H3. The van der Waals surface area contributed by atoms with Crippen LogP contribution in [0.25, 0.3) is 0 Å². The highest BCUT2D eigenvalue weighted by molar-refractivity contribution is 6.32. The number of benzene rings is 1. The van der Waals surface area contributed by atoms with E-state index in [4.69, 9.17) is 21.4 Å². The van der Waals surface area contributed by atoms with Crippen LogP contribution in [0.2, 0.25) is 5.02 Å². The lowest BCUT2D eigenvalue weighted by molar-refractivity contribution is -0.158. The van der Waals surface area contributed by atoms with Crippen LogP contribution < -0.4 is 4.74 Å². The molecule has 17 heavy (non-hydrogen) atoms. The van der Waals surface area contributed by atoms with Crippen molar-refractivity contribution >= 4 is 11.6 Å². The van der Waals surface area contributed by atoms with Crippen molar-refractivity contribution in [2.75, 3.05) is 13.2 Å². The number of ether oxygens (including phenoxy) is 1. The average molecular weight is 269 g/mol. The summed E-state index contributed by atoms with van der Waals surface area (Å²) in [7, 11) is 0. The van der Waals surface area contributed by atoms with Gasteiger partial charge in [0.05, 0.1) is 18.2 Å². The van der Waals surface area contributed by atoms with Crippen molar-refractivity contribution in [2.45, 2.75) is 19.0 Å². The third-order valence-electron chi connectivity index (χ3n) is 2.24. The molecule has 1 rings (SSSR count). The van der Waals surface area contributed by atoms with Gasteiger partial charge in [-0.2, -0.15) is 13.2 Å². The minimum atomic E-state index is -4.49. The number of alkyl halides is 3. The Kier molecular flexibility index (Phi) is 4.65. The summed E-state index contributed by atoms with van der Waals surface area (Å²) < 4.78 is 42.8. The van der Waals surface area contributed by atoms with Crippen LogP contribution in [0.3, 0.4) is 0 Å². The van der Waals surface area contributed by atoms with Gasteiger partial charge in [0.2, 0.25) is 0 Å². The first-order valence-corrected chi connectivity index (χ1v) is 5.37. The second kappa shape index (κ2) is 5.60. The molecule has 1 unspecified atom stereocenters. The summed E-state index contributed by atoms with van der Waals surface area (Å²) in [6.07, 6.45) is -4.49. The fourth-order valence-corrected chi connectivity index (χ4v) is 1.65. The van der Waals surface area contributed by atoms with Gasteiger partial charge < -0.3 is 9.84 Å². The van der Waals surface area contributed by atoms with Gasteiger partial charge >= 0.3 is 6.18 Å². The number of hydrogen-bond acceptors (Lipinski definition) is 2. The fourth-order valence-electron chi connectivity index (χ4n) is 1.40. The predicted octanol–water partition coefficient (Wildman–Crippen LogP) is 3.38. The molecule has 0 spiro atoms. The van der Waals surface area contributed by atoms with Gasteiger partial charge in [0.25, 0.3) is 0 Å². The summed E-state index contributed by atoms with van der Waals surface area (Å²) in [6.45, 7) is 1.12. The minimum absolute atomic E-state index is 0.0755. The summed E-state index contributed by atoms with van der Waals surface area (Å²) in [6, 6.07) is 3.79. The van der Waals surface area contributed by atoms with E-state index in [-0.39, 0.29) is 10.6 Å². The molecule has 0 radical (unpaired) electrons. The van der Waals surface area contributed by atoms with Crippen molar-refractivity contribution < 1.29 is 23.0 Å². The summed E-state index contributed by atoms with van der Waals surface area (Å²) >= 11 is 5.79.